The van der Waals surface area contributed by atoms with Crippen LogP contribution < -0.4 is 5.73 Å². The summed E-state index contributed by atoms with van der Waals surface area (Å²) in [7, 11) is 2.16. The number of rotatable bonds is 7. The third kappa shape index (κ3) is 4.95. The molecule has 2 aromatic carbocycles. The Labute approximate surface area is 136 Å². The van der Waals surface area contributed by atoms with Crippen molar-refractivity contribution in [3.05, 3.63) is 70.2 Å². The van der Waals surface area contributed by atoms with Crippen LogP contribution in [0.2, 0.25) is 0 Å². The first-order valence-corrected chi connectivity index (χ1v) is 8.19. The van der Waals surface area contributed by atoms with E-state index in [2.05, 4.69) is 76.4 Å². The summed E-state index contributed by atoms with van der Waals surface area (Å²) in [5.41, 5.74) is 8.65. The minimum Gasteiger partial charge on any atom is -0.329 e. The lowest BCUT2D eigenvalue weighted by molar-refractivity contribution is 0.247. The van der Waals surface area contributed by atoms with E-state index in [9.17, 15) is 0 Å². The lowest BCUT2D eigenvalue weighted by atomic mass is 10.0. The van der Waals surface area contributed by atoms with Crippen LogP contribution in [-0.4, -0.2) is 25.0 Å². The van der Waals surface area contributed by atoms with Crippen LogP contribution in [0.4, 0.5) is 0 Å². The van der Waals surface area contributed by atoms with Crippen molar-refractivity contribution in [1.29, 1.82) is 0 Å². The number of halogens is 1. The lowest BCUT2D eigenvalue weighted by Gasteiger charge is -2.27. The molecule has 1 atom stereocenters. The Balaban J connectivity index is 1.90. The van der Waals surface area contributed by atoms with E-state index in [1.807, 2.05) is 6.07 Å². The molecule has 0 amide bonds. The van der Waals surface area contributed by atoms with Gasteiger partial charge < -0.3 is 5.73 Å². The van der Waals surface area contributed by atoms with Crippen molar-refractivity contribution in [3.8, 4) is 0 Å². The monoisotopic (exact) mass is 346 g/mol. The lowest BCUT2D eigenvalue weighted by Crippen LogP contribution is -2.31. The van der Waals surface area contributed by atoms with Crippen LogP contribution in [0.5, 0.6) is 0 Å². The van der Waals surface area contributed by atoms with E-state index in [-0.39, 0.29) is 6.04 Å². The topological polar surface area (TPSA) is 29.3 Å². The number of nitrogens with two attached hydrogens (primary N) is 1. The van der Waals surface area contributed by atoms with Gasteiger partial charge in [0.05, 0.1) is 0 Å². The molecule has 112 valence electrons. The molecule has 0 fully saturated rings. The van der Waals surface area contributed by atoms with Crippen LogP contribution in [0.1, 0.15) is 23.6 Å². The second kappa shape index (κ2) is 8.32. The summed E-state index contributed by atoms with van der Waals surface area (Å²) < 4.78 is 1.11. The molecule has 0 aliphatic heterocycles. The first-order chi connectivity index (χ1) is 10.2. The van der Waals surface area contributed by atoms with Gasteiger partial charge in [0.2, 0.25) is 0 Å². The average Bonchev–Trinajstić information content (AvgIpc) is 2.49. The van der Waals surface area contributed by atoms with Gasteiger partial charge in [0.1, 0.15) is 0 Å². The Hall–Kier alpha value is -1.16. The largest absolute Gasteiger partial charge is 0.329 e. The van der Waals surface area contributed by atoms with Gasteiger partial charge >= 0.3 is 0 Å². The second-order valence-corrected chi connectivity index (χ2v) is 6.29. The smallest absolute Gasteiger partial charge is 0.0467 e. The molecule has 2 nitrogen and oxygen atoms in total. The zero-order valence-electron chi connectivity index (χ0n) is 12.5. The van der Waals surface area contributed by atoms with E-state index >= 15 is 0 Å². The van der Waals surface area contributed by atoms with E-state index < -0.39 is 0 Å². The van der Waals surface area contributed by atoms with Gasteiger partial charge in [0, 0.05) is 17.1 Å². The maximum absolute atomic E-state index is 5.98. The molecule has 3 heteroatoms. The maximum atomic E-state index is 5.98. The molecular weight excluding hydrogens is 324 g/mol. The minimum absolute atomic E-state index is 0.276. The minimum atomic E-state index is 0.276. The van der Waals surface area contributed by atoms with Gasteiger partial charge in [-0.2, -0.15) is 0 Å². The molecule has 21 heavy (non-hydrogen) atoms. The number of aryl methyl sites for hydroxylation is 1. The number of nitrogens with zero attached hydrogens (tertiary/aromatic N) is 1. The Morgan fingerprint density at radius 1 is 1.10 bits per heavy atom. The van der Waals surface area contributed by atoms with E-state index in [0.717, 1.165) is 23.9 Å². The molecule has 2 aromatic rings. The van der Waals surface area contributed by atoms with Crippen LogP contribution in [-0.2, 0) is 6.42 Å². The Bertz CT molecular complexity index is 542. The molecule has 0 bridgehead atoms. The fraction of sp³-hybridized carbons (Fsp3) is 0.333. The Morgan fingerprint density at radius 2 is 1.86 bits per heavy atom. The fourth-order valence-electron chi connectivity index (χ4n) is 2.62. The summed E-state index contributed by atoms with van der Waals surface area (Å²) in [4.78, 5) is 2.35. The summed E-state index contributed by atoms with van der Waals surface area (Å²) in [6, 6.07) is 19.3. The first kappa shape index (κ1) is 16.2. The van der Waals surface area contributed by atoms with Crippen molar-refractivity contribution in [2.75, 3.05) is 20.1 Å². The summed E-state index contributed by atoms with van der Waals surface area (Å²) >= 11 is 3.53. The highest BCUT2D eigenvalue weighted by molar-refractivity contribution is 9.10. The van der Waals surface area contributed by atoms with Crippen molar-refractivity contribution in [3.63, 3.8) is 0 Å². The Kier molecular flexibility index (Phi) is 6.43. The van der Waals surface area contributed by atoms with Crippen LogP contribution in [0.25, 0.3) is 0 Å². The van der Waals surface area contributed by atoms with Crippen molar-refractivity contribution in [1.82, 2.24) is 4.90 Å². The molecule has 2 N–H and O–H groups in total. The van der Waals surface area contributed by atoms with Crippen LogP contribution in [0.3, 0.4) is 0 Å². The summed E-state index contributed by atoms with van der Waals surface area (Å²) in [6.07, 6.45) is 2.26. The molecule has 0 aliphatic rings. The zero-order valence-corrected chi connectivity index (χ0v) is 14.1. The number of benzene rings is 2. The predicted molar refractivity (Wildman–Crippen MR) is 93.3 cm³/mol. The van der Waals surface area contributed by atoms with Gasteiger partial charge in [-0.15, -0.1) is 0 Å². The van der Waals surface area contributed by atoms with Gasteiger partial charge in [-0.25, -0.2) is 0 Å². The first-order valence-electron chi connectivity index (χ1n) is 7.40. The van der Waals surface area contributed by atoms with Crippen molar-refractivity contribution < 1.29 is 0 Å². The van der Waals surface area contributed by atoms with Crippen LogP contribution in [0, 0.1) is 0 Å². The Morgan fingerprint density at radius 3 is 2.52 bits per heavy atom. The van der Waals surface area contributed by atoms with Gasteiger partial charge in [-0.1, -0.05) is 58.4 Å². The van der Waals surface area contributed by atoms with Crippen molar-refractivity contribution >= 4 is 15.9 Å². The highest BCUT2D eigenvalue weighted by atomic mass is 79.9. The summed E-state index contributed by atoms with van der Waals surface area (Å²) in [5, 5.41) is 0. The maximum Gasteiger partial charge on any atom is 0.0467 e. The van der Waals surface area contributed by atoms with E-state index in [1.165, 1.54) is 11.1 Å². The molecule has 0 saturated heterocycles. The summed E-state index contributed by atoms with van der Waals surface area (Å²) in [5.74, 6) is 0. The molecular formula is C18H23BrN2. The van der Waals surface area contributed by atoms with Gasteiger partial charge in [0.15, 0.2) is 0 Å². The molecule has 0 saturated carbocycles. The zero-order chi connectivity index (χ0) is 15.1. The van der Waals surface area contributed by atoms with E-state index in [1.54, 1.807) is 0 Å². The highest BCUT2D eigenvalue weighted by Crippen LogP contribution is 2.22. The third-order valence-electron chi connectivity index (χ3n) is 3.81. The number of hydrogen-bond acceptors (Lipinski definition) is 2. The SMILES string of the molecule is CN(CCCc1ccccc1)C(CN)c1cccc(Br)c1. The van der Waals surface area contributed by atoms with Gasteiger partial charge in [0.25, 0.3) is 0 Å². The van der Waals surface area contributed by atoms with Crippen molar-refractivity contribution in [2.24, 2.45) is 5.73 Å². The molecule has 0 heterocycles. The second-order valence-electron chi connectivity index (χ2n) is 5.38. The molecule has 0 aliphatic carbocycles. The number of hydrogen-bond donors (Lipinski definition) is 1. The van der Waals surface area contributed by atoms with E-state index in [0.29, 0.717) is 6.54 Å². The molecule has 0 aromatic heterocycles. The molecule has 0 spiro atoms. The highest BCUT2D eigenvalue weighted by Gasteiger charge is 2.15. The normalized spacial score (nSPS) is 12.6. The predicted octanol–water partition coefficient (Wildman–Crippen LogP) is 4.01. The standard InChI is InChI=1S/C18H23BrN2/c1-21(12-6-9-15-7-3-2-4-8-15)18(14-20)16-10-5-11-17(19)13-16/h2-5,7-8,10-11,13,18H,6,9,12,14,20H2,1H3. The van der Waals surface area contributed by atoms with Crippen LogP contribution in [0.15, 0.2) is 59.1 Å². The average molecular weight is 347 g/mol. The third-order valence-corrected chi connectivity index (χ3v) is 4.30. The number of likely N-dealkylation sites (N-methyl/N-ethyl adjacent to an activating group) is 1. The molecule has 1 unspecified atom stereocenters. The summed E-state index contributed by atoms with van der Waals surface area (Å²) in [6.45, 7) is 1.68. The van der Waals surface area contributed by atoms with Crippen LogP contribution >= 0.6 is 15.9 Å². The fourth-order valence-corrected chi connectivity index (χ4v) is 3.03. The quantitative estimate of drug-likeness (QED) is 0.820. The van der Waals surface area contributed by atoms with Crippen molar-refractivity contribution in [2.45, 2.75) is 18.9 Å². The molecule has 2 rings (SSSR count). The van der Waals surface area contributed by atoms with Gasteiger partial charge in [-0.3, -0.25) is 4.90 Å². The van der Waals surface area contributed by atoms with E-state index in [4.69, 9.17) is 5.73 Å². The van der Waals surface area contributed by atoms with Gasteiger partial charge in [-0.05, 0) is 49.7 Å². The molecule has 0 radical (unpaired) electrons.